The van der Waals surface area contributed by atoms with Crippen molar-refractivity contribution in [2.24, 2.45) is 0 Å². The van der Waals surface area contributed by atoms with Gasteiger partial charge in [-0.2, -0.15) is 4.98 Å². The lowest BCUT2D eigenvalue weighted by molar-refractivity contribution is 0.0683. The molecular weight excluding hydrogens is 344 g/mol. The van der Waals surface area contributed by atoms with Crippen LogP contribution < -0.4 is 4.90 Å². The first-order valence-corrected chi connectivity index (χ1v) is 8.63. The molecule has 1 aliphatic rings. The average molecular weight is 365 g/mol. The minimum Gasteiger partial charge on any atom is -0.371 e. The lowest BCUT2D eigenvalue weighted by Crippen LogP contribution is -2.40. The Hall–Kier alpha value is -2.12. The molecule has 1 aromatic carbocycles. The molecule has 7 nitrogen and oxygen atoms in total. The highest BCUT2D eigenvalue weighted by atomic mass is 35.5. The van der Waals surface area contributed by atoms with Crippen LogP contribution in [0.3, 0.4) is 0 Å². The van der Waals surface area contributed by atoms with Crippen LogP contribution in [-0.2, 0) is 17.7 Å². The van der Waals surface area contributed by atoms with Crippen molar-refractivity contribution in [1.29, 1.82) is 0 Å². The summed E-state index contributed by atoms with van der Waals surface area (Å²) in [5.41, 5.74) is 1.87. The molecular formula is C17H21ClN4O3. The van der Waals surface area contributed by atoms with Gasteiger partial charge in [-0.25, -0.2) is 4.79 Å². The second-order valence-corrected chi connectivity index (χ2v) is 6.33. The highest BCUT2D eigenvalue weighted by Crippen LogP contribution is 2.33. The van der Waals surface area contributed by atoms with Crippen molar-refractivity contribution >= 4 is 23.3 Å². The van der Waals surface area contributed by atoms with E-state index in [-0.39, 0.29) is 18.7 Å². The van der Waals surface area contributed by atoms with Crippen LogP contribution in [0, 0.1) is 0 Å². The van der Waals surface area contributed by atoms with Gasteiger partial charge in [-0.1, -0.05) is 22.8 Å². The summed E-state index contributed by atoms with van der Waals surface area (Å²) in [4.78, 5) is 20.3. The number of fused-ring (bicyclic) bond motifs is 1. The molecule has 0 N–H and O–H groups in total. The SMILES string of the molecule is CCO[C@@H](C)c1noc(CN(C)C(=O)N2CCc3c(Cl)cccc32)n1. The van der Waals surface area contributed by atoms with Gasteiger partial charge >= 0.3 is 6.03 Å². The molecule has 0 fully saturated rings. The van der Waals surface area contributed by atoms with Gasteiger partial charge in [0.05, 0.1) is 5.69 Å². The Morgan fingerprint density at radius 2 is 2.32 bits per heavy atom. The van der Waals surface area contributed by atoms with Crippen molar-refractivity contribution in [2.45, 2.75) is 32.9 Å². The number of aromatic nitrogens is 2. The molecule has 2 amide bonds. The number of rotatable bonds is 5. The van der Waals surface area contributed by atoms with Gasteiger partial charge < -0.3 is 14.2 Å². The van der Waals surface area contributed by atoms with Crippen molar-refractivity contribution in [3.05, 3.63) is 40.5 Å². The molecule has 25 heavy (non-hydrogen) atoms. The number of urea groups is 1. The maximum Gasteiger partial charge on any atom is 0.324 e. The van der Waals surface area contributed by atoms with Crippen molar-refractivity contribution in [3.8, 4) is 0 Å². The maximum atomic E-state index is 12.8. The standard InChI is InChI=1S/C17H21ClN4O3/c1-4-24-11(2)16-19-15(25-20-16)10-21(3)17(23)22-9-8-12-13(18)6-5-7-14(12)22/h5-7,11H,4,8-10H2,1-3H3/t11-/m0/s1. The van der Waals surface area contributed by atoms with E-state index >= 15 is 0 Å². The Morgan fingerprint density at radius 3 is 3.08 bits per heavy atom. The van der Waals surface area contributed by atoms with Crippen molar-refractivity contribution in [1.82, 2.24) is 15.0 Å². The molecule has 1 aromatic heterocycles. The zero-order valence-corrected chi connectivity index (χ0v) is 15.3. The molecule has 1 atom stereocenters. The van der Waals surface area contributed by atoms with E-state index in [0.717, 1.165) is 17.7 Å². The number of benzene rings is 1. The summed E-state index contributed by atoms with van der Waals surface area (Å²) in [5.74, 6) is 0.860. The fourth-order valence-electron chi connectivity index (χ4n) is 2.89. The topological polar surface area (TPSA) is 71.7 Å². The van der Waals surface area contributed by atoms with Gasteiger partial charge in [0.25, 0.3) is 0 Å². The average Bonchev–Trinajstić information content (AvgIpc) is 3.22. The fraction of sp³-hybridized carbons (Fsp3) is 0.471. The summed E-state index contributed by atoms with van der Waals surface area (Å²) in [6.45, 7) is 5.18. The molecule has 3 rings (SSSR count). The van der Waals surface area contributed by atoms with Gasteiger partial charge in [-0.15, -0.1) is 0 Å². The number of carbonyl (C=O) groups is 1. The fourth-order valence-corrected chi connectivity index (χ4v) is 3.15. The van der Waals surface area contributed by atoms with Crippen molar-refractivity contribution in [3.63, 3.8) is 0 Å². The normalized spacial score (nSPS) is 14.5. The molecule has 8 heteroatoms. The Kier molecular flexibility index (Phi) is 5.24. The van der Waals surface area contributed by atoms with Gasteiger partial charge in [0.15, 0.2) is 5.82 Å². The molecule has 134 valence electrons. The zero-order valence-electron chi connectivity index (χ0n) is 14.5. The minimum atomic E-state index is -0.240. The largest absolute Gasteiger partial charge is 0.371 e. The number of nitrogens with zero attached hydrogens (tertiary/aromatic N) is 4. The predicted octanol–water partition coefficient (Wildman–Crippen LogP) is 3.44. The van der Waals surface area contributed by atoms with Crippen LogP contribution in [0.25, 0.3) is 0 Å². The molecule has 0 saturated carbocycles. The van der Waals surface area contributed by atoms with Crippen LogP contribution in [0.5, 0.6) is 0 Å². The van der Waals surface area contributed by atoms with E-state index in [1.54, 1.807) is 16.8 Å². The Bertz CT molecular complexity index is 764. The van der Waals surface area contributed by atoms with Gasteiger partial charge in [0.1, 0.15) is 12.6 Å². The molecule has 0 aliphatic carbocycles. The number of anilines is 1. The lowest BCUT2D eigenvalue weighted by atomic mass is 10.2. The third-order valence-electron chi connectivity index (χ3n) is 4.16. The molecule has 0 saturated heterocycles. The summed E-state index contributed by atoms with van der Waals surface area (Å²) in [6.07, 6.45) is 0.515. The minimum absolute atomic E-state index is 0.126. The van der Waals surface area contributed by atoms with E-state index in [1.807, 2.05) is 32.0 Å². The second-order valence-electron chi connectivity index (χ2n) is 5.92. The summed E-state index contributed by atoms with van der Waals surface area (Å²) >= 11 is 6.21. The highest BCUT2D eigenvalue weighted by Gasteiger charge is 2.29. The highest BCUT2D eigenvalue weighted by molar-refractivity contribution is 6.32. The molecule has 0 spiro atoms. The van der Waals surface area contributed by atoms with Gasteiger partial charge in [-0.3, -0.25) is 4.90 Å². The first kappa shape index (κ1) is 17.7. The third-order valence-corrected chi connectivity index (χ3v) is 4.52. The molecule has 2 aromatic rings. The van der Waals surface area contributed by atoms with E-state index in [4.69, 9.17) is 20.9 Å². The number of carbonyl (C=O) groups excluding carboxylic acids is 1. The molecule has 0 radical (unpaired) electrons. The Balaban J connectivity index is 1.68. The Labute approximate surface area is 151 Å². The molecule has 0 bridgehead atoms. The van der Waals surface area contributed by atoms with Crippen LogP contribution in [-0.4, -0.2) is 41.3 Å². The Morgan fingerprint density at radius 1 is 1.52 bits per heavy atom. The van der Waals surface area contributed by atoms with Crippen LogP contribution in [0.15, 0.2) is 22.7 Å². The second kappa shape index (κ2) is 7.41. The number of halogens is 1. The van der Waals surface area contributed by atoms with E-state index in [9.17, 15) is 4.79 Å². The number of amides is 2. The quantitative estimate of drug-likeness (QED) is 0.812. The van der Waals surface area contributed by atoms with Gasteiger partial charge in [0.2, 0.25) is 5.89 Å². The maximum absolute atomic E-state index is 12.8. The summed E-state index contributed by atoms with van der Waals surface area (Å²) in [5, 5.41) is 4.61. The summed E-state index contributed by atoms with van der Waals surface area (Å²) in [7, 11) is 1.71. The monoisotopic (exact) mass is 364 g/mol. The summed E-state index contributed by atoms with van der Waals surface area (Å²) < 4.78 is 10.7. The third kappa shape index (κ3) is 3.62. The first-order valence-electron chi connectivity index (χ1n) is 8.25. The molecule has 1 aliphatic heterocycles. The van der Waals surface area contributed by atoms with Crippen LogP contribution in [0.4, 0.5) is 10.5 Å². The van der Waals surface area contributed by atoms with Crippen molar-refractivity contribution < 1.29 is 14.1 Å². The van der Waals surface area contributed by atoms with E-state index < -0.39 is 0 Å². The van der Waals surface area contributed by atoms with Crippen LogP contribution in [0.2, 0.25) is 5.02 Å². The number of hydrogen-bond acceptors (Lipinski definition) is 5. The van der Waals surface area contributed by atoms with E-state index in [2.05, 4.69) is 10.1 Å². The van der Waals surface area contributed by atoms with E-state index in [0.29, 0.717) is 29.9 Å². The first-order chi connectivity index (χ1) is 12.0. The van der Waals surface area contributed by atoms with Gasteiger partial charge in [0, 0.05) is 25.2 Å². The lowest BCUT2D eigenvalue weighted by Gasteiger charge is -2.24. The van der Waals surface area contributed by atoms with Crippen LogP contribution in [0.1, 0.15) is 37.2 Å². The number of ether oxygens (including phenoxy) is 1. The predicted molar refractivity (Wildman–Crippen MR) is 93.7 cm³/mol. The van der Waals surface area contributed by atoms with Crippen molar-refractivity contribution in [2.75, 3.05) is 25.1 Å². The van der Waals surface area contributed by atoms with E-state index in [1.165, 1.54) is 0 Å². The van der Waals surface area contributed by atoms with Crippen LogP contribution >= 0.6 is 11.6 Å². The van der Waals surface area contributed by atoms with Gasteiger partial charge in [-0.05, 0) is 38.0 Å². The zero-order chi connectivity index (χ0) is 18.0. The molecule has 2 heterocycles. The number of hydrogen-bond donors (Lipinski definition) is 0. The summed E-state index contributed by atoms with van der Waals surface area (Å²) in [6, 6.07) is 5.48. The smallest absolute Gasteiger partial charge is 0.324 e. The molecule has 0 unspecified atom stereocenters.